The molecule has 1 unspecified atom stereocenters. The molecule has 2 aliphatic heterocycles. The summed E-state index contributed by atoms with van der Waals surface area (Å²) in [6.07, 6.45) is 3.48. The van der Waals surface area contributed by atoms with Gasteiger partial charge in [-0.1, -0.05) is 32.4 Å². The quantitative estimate of drug-likeness (QED) is 0.738. The lowest BCUT2D eigenvalue weighted by Gasteiger charge is -2.30. The molecule has 1 amide bonds. The fourth-order valence-corrected chi connectivity index (χ4v) is 6.38. The van der Waals surface area contributed by atoms with Crippen LogP contribution in [0.1, 0.15) is 62.0 Å². The van der Waals surface area contributed by atoms with Crippen LogP contribution >= 0.6 is 0 Å². The van der Waals surface area contributed by atoms with E-state index in [4.69, 9.17) is 0 Å². The molecule has 2 aliphatic rings. The van der Waals surface area contributed by atoms with Gasteiger partial charge < -0.3 is 5.32 Å². The molecule has 32 heavy (non-hydrogen) atoms. The Morgan fingerprint density at radius 1 is 1.22 bits per heavy atom. The average molecular weight is 459 g/mol. The summed E-state index contributed by atoms with van der Waals surface area (Å²) in [7, 11) is -3.66. The molecule has 2 aromatic rings. The molecule has 1 aromatic carbocycles. The van der Waals surface area contributed by atoms with Gasteiger partial charge in [0.05, 0.1) is 10.6 Å². The van der Waals surface area contributed by atoms with Crippen LogP contribution in [0.2, 0.25) is 0 Å². The number of nitrogens with one attached hydrogen (secondary N) is 1. The van der Waals surface area contributed by atoms with Gasteiger partial charge in [-0.2, -0.15) is 14.1 Å². The molecule has 0 aliphatic carbocycles. The number of benzene rings is 1. The molecular weight excluding hydrogens is 428 g/mol. The van der Waals surface area contributed by atoms with Crippen LogP contribution in [0.15, 0.2) is 23.1 Å². The molecular formula is C23H30N4O4S. The predicted octanol–water partition coefficient (Wildman–Crippen LogP) is 3.60. The molecule has 9 heteroatoms. The van der Waals surface area contributed by atoms with Crippen LogP contribution < -0.4 is 5.32 Å². The van der Waals surface area contributed by atoms with Gasteiger partial charge in [-0.15, -0.1) is 0 Å². The number of carbonyl (C=O) groups is 2. The minimum absolute atomic E-state index is 0.0895. The summed E-state index contributed by atoms with van der Waals surface area (Å²) in [4.78, 5) is 25.1. The van der Waals surface area contributed by atoms with Crippen molar-refractivity contribution in [3.63, 3.8) is 0 Å². The highest BCUT2D eigenvalue weighted by Crippen LogP contribution is 2.37. The zero-order valence-electron chi connectivity index (χ0n) is 18.8. The summed E-state index contributed by atoms with van der Waals surface area (Å²) in [6, 6.07) is 5.30. The number of aryl methyl sites for hydroxylation is 2. The number of hydrogen-bond acceptors (Lipinski definition) is 5. The fraction of sp³-hybridized carbons (Fsp3) is 0.522. The maximum absolute atomic E-state index is 13.5. The third kappa shape index (κ3) is 4.11. The molecule has 0 spiro atoms. The van der Waals surface area contributed by atoms with E-state index in [0.29, 0.717) is 53.6 Å². The second kappa shape index (κ2) is 8.78. The third-order valence-electron chi connectivity index (χ3n) is 6.22. The highest BCUT2D eigenvalue weighted by Gasteiger charge is 2.32. The molecule has 3 heterocycles. The number of nitrogens with zero attached hydrogens (tertiary/aromatic N) is 3. The van der Waals surface area contributed by atoms with Gasteiger partial charge in [-0.3, -0.25) is 9.59 Å². The number of piperidine rings is 1. The van der Waals surface area contributed by atoms with Crippen molar-refractivity contribution in [2.75, 3.05) is 18.4 Å². The van der Waals surface area contributed by atoms with Crippen molar-refractivity contribution in [3.8, 4) is 11.1 Å². The highest BCUT2D eigenvalue weighted by molar-refractivity contribution is 7.89. The van der Waals surface area contributed by atoms with Crippen molar-refractivity contribution in [1.82, 2.24) is 14.1 Å². The van der Waals surface area contributed by atoms with Crippen LogP contribution in [-0.4, -0.2) is 47.4 Å². The number of fused-ring (bicyclic) bond motifs is 1. The predicted molar refractivity (Wildman–Crippen MR) is 122 cm³/mol. The lowest BCUT2D eigenvalue weighted by atomic mass is 10.0. The van der Waals surface area contributed by atoms with E-state index in [2.05, 4.69) is 17.3 Å². The van der Waals surface area contributed by atoms with Gasteiger partial charge in [0.15, 0.2) is 0 Å². The molecule has 0 bridgehead atoms. The number of anilines is 1. The second-order valence-corrected chi connectivity index (χ2v) is 10.8. The molecule has 1 saturated heterocycles. The number of hydrogen-bond donors (Lipinski definition) is 1. The minimum Gasteiger partial charge on any atom is -0.310 e. The van der Waals surface area contributed by atoms with Crippen molar-refractivity contribution in [2.45, 2.75) is 64.2 Å². The molecule has 1 N–H and O–H groups in total. The van der Waals surface area contributed by atoms with Crippen LogP contribution in [0.4, 0.5) is 5.82 Å². The fourth-order valence-electron chi connectivity index (χ4n) is 4.53. The molecule has 0 saturated carbocycles. The topological polar surface area (TPSA) is 101 Å². The second-order valence-electron chi connectivity index (χ2n) is 8.86. The Bertz CT molecular complexity index is 1170. The monoisotopic (exact) mass is 458 g/mol. The van der Waals surface area contributed by atoms with Crippen LogP contribution in [0.25, 0.3) is 11.1 Å². The lowest BCUT2D eigenvalue weighted by molar-refractivity contribution is -0.116. The van der Waals surface area contributed by atoms with Crippen molar-refractivity contribution in [2.24, 2.45) is 5.92 Å². The van der Waals surface area contributed by atoms with E-state index in [9.17, 15) is 18.0 Å². The van der Waals surface area contributed by atoms with E-state index in [1.54, 1.807) is 23.4 Å². The summed E-state index contributed by atoms with van der Waals surface area (Å²) in [5.74, 6) is 0.165. The highest BCUT2D eigenvalue weighted by atomic mass is 32.2. The minimum atomic E-state index is -3.66. The molecule has 8 nitrogen and oxygen atoms in total. The van der Waals surface area contributed by atoms with E-state index in [-0.39, 0.29) is 29.6 Å². The number of rotatable bonds is 5. The van der Waals surface area contributed by atoms with E-state index in [0.717, 1.165) is 19.3 Å². The van der Waals surface area contributed by atoms with Crippen LogP contribution in [0.3, 0.4) is 0 Å². The summed E-state index contributed by atoms with van der Waals surface area (Å²) in [5.41, 5.74) is 2.61. The first-order valence-corrected chi connectivity index (χ1v) is 12.7. The van der Waals surface area contributed by atoms with Crippen LogP contribution in [-0.2, 0) is 21.2 Å². The largest absolute Gasteiger partial charge is 0.310 e. The Labute approximate surface area is 189 Å². The summed E-state index contributed by atoms with van der Waals surface area (Å²) in [5, 5.41) is 7.32. The first-order chi connectivity index (χ1) is 15.2. The Kier molecular flexibility index (Phi) is 6.22. The number of aromatic nitrogens is 2. The first kappa shape index (κ1) is 22.7. The van der Waals surface area contributed by atoms with Crippen molar-refractivity contribution >= 4 is 27.7 Å². The van der Waals surface area contributed by atoms with Gasteiger partial charge in [0.25, 0.3) is 0 Å². The van der Waals surface area contributed by atoms with E-state index >= 15 is 0 Å². The van der Waals surface area contributed by atoms with Gasteiger partial charge >= 0.3 is 0 Å². The third-order valence-corrected chi connectivity index (χ3v) is 8.23. The normalized spacial score (nSPS) is 20.0. The summed E-state index contributed by atoms with van der Waals surface area (Å²) < 4.78 is 29.9. The van der Waals surface area contributed by atoms with Crippen LogP contribution in [0.5, 0.6) is 0 Å². The molecule has 172 valence electrons. The number of amides is 1. The van der Waals surface area contributed by atoms with E-state index < -0.39 is 10.0 Å². The van der Waals surface area contributed by atoms with Crippen LogP contribution in [0, 0.1) is 12.8 Å². The smallest absolute Gasteiger partial charge is 0.249 e. The van der Waals surface area contributed by atoms with Crippen molar-refractivity contribution in [3.05, 3.63) is 29.5 Å². The molecule has 1 fully saturated rings. The van der Waals surface area contributed by atoms with E-state index in [1.165, 1.54) is 4.68 Å². The standard InChI is InChI=1S/C23H30N4O4S/c1-4-6-18-22(23-24-20(28)10-11-21(29)27(23)25-18)17-9-8-16(3)19(13-17)32(30,31)26-12-5-7-15(2)14-26/h8-9,13,15H,4-7,10-12,14H2,1-3H3,(H,24,28). The zero-order valence-corrected chi connectivity index (χ0v) is 19.7. The van der Waals surface area contributed by atoms with Gasteiger partial charge in [-0.05, 0) is 49.3 Å². The van der Waals surface area contributed by atoms with Gasteiger partial charge in [0, 0.05) is 31.5 Å². The van der Waals surface area contributed by atoms with Crippen molar-refractivity contribution < 1.29 is 18.0 Å². The Hall–Kier alpha value is -2.52. The Morgan fingerprint density at radius 3 is 2.72 bits per heavy atom. The number of carbonyl (C=O) groups excluding carboxylic acids is 2. The lowest BCUT2D eigenvalue weighted by Crippen LogP contribution is -2.39. The Balaban J connectivity index is 1.85. The molecule has 4 rings (SSSR count). The van der Waals surface area contributed by atoms with Gasteiger partial charge in [-0.25, -0.2) is 8.42 Å². The molecule has 0 radical (unpaired) electrons. The zero-order chi connectivity index (χ0) is 23.0. The molecule has 1 aromatic heterocycles. The van der Waals surface area contributed by atoms with E-state index in [1.807, 2.05) is 13.0 Å². The maximum atomic E-state index is 13.5. The average Bonchev–Trinajstić information content (AvgIpc) is 3.03. The van der Waals surface area contributed by atoms with Gasteiger partial charge in [0.1, 0.15) is 5.82 Å². The molecule has 1 atom stereocenters. The first-order valence-electron chi connectivity index (χ1n) is 11.3. The summed E-state index contributed by atoms with van der Waals surface area (Å²) >= 11 is 0. The summed E-state index contributed by atoms with van der Waals surface area (Å²) in [6.45, 7) is 6.91. The Morgan fingerprint density at radius 2 is 2.00 bits per heavy atom. The van der Waals surface area contributed by atoms with Crippen molar-refractivity contribution in [1.29, 1.82) is 0 Å². The number of sulfonamides is 1. The SMILES string of the molecule is CCCc1nn2c(c1-c1ccc(C)c(S(=O)(=O)N3CCCC(C)C3)c1)NC(=O)CCC2=O. The maximum Gasteiger partial charge on any atom is 0.249 e. The van der Waals surface area contributed by atoms with Gasteiger partial charge in [0.2, 0.25) is 21.8 Å².